The van der Waals surface area contributed by atoms with Gasteiger partial charge in [-0.05, 0) is 29.0 Å². The van der Waals surface area contributed by atoms with Crippen LogP contribution in [0.15, 0.2) is 65.8 Å². The van der Waals surface area contributed by atoms with Crippen LogP contribution in [-0.4, -0.2) is 28.1 Å². The minimum Gasteiger partial charge on any atom is -0.507 e. The summed E-state index contributed by atoms with van der Waals surface area (Å²) in [6.45, 7) is 0. The van der Waals surface area contributed by atoms with Crippen LogP contribution in [-0.2, 0) is 0 Å². The van der Waals surface area contributed by atoms with E-state index in [4.69, 9.17) is 0 Å². The number of phenolic OH excluding ortho intramolecular Hbond substituents is 1. The summed E-state index contributed by atoms with van der Waals surface area (Å²) in [5.41, 5.74) is 1.13. The predicted molar refractivity (Wildman–Crippen MR) is 90.1 cm³/mol. The first-order valence-corrected chi connectivity index (χ1v) is 7.39. The fourth-order valence-corrected chi connectivity index (χ4v) is 2.82. The van der Waals surface area contributed by atoms with E-state index in [9.17, 15) is 14.7 Å². The molecule has 4 rings (SSSR count). The molecule has 1 heterocycles. The lowest BCUT2D eigenvalue weighted by molar-refractivity contribution is 0.0660. The first-order chi connectivity index (χ1) is 11.7. The summed E-state index contributed by atoms with van der Waals surface area (Å²) < 4.78 is 0. The van der Waals surface area contributed by atoms with E-state index in [1.54, 1.807) is 36.4 Å². The smallest absolute Gasteiger partial charge is 0.282 e. The topological polar surface area (TPSA) is 70.0 Å². The third-order valence-electron chi connectivity index (χ3n) is 4.02. The highest BCUT2D eigenvalue weighted by Crippen LogP contribution is 2.27. The number of hydrogen-bond donors (Lipinski definition) is 1. The second kappa shape index (κ2) is 5.31. The lowest BCUT2D eigenvalue weighted by atomic mass is 10.0. The van der Waals surface area contributed by atoms with Crippen LogP contribution < -0.4 is 0 Å². The summed E-state index contributed by atoms with van der Waals surface area (Å²) in [6.07, 6.45) is 1.35. The molecule has 1 N–H and O–H groups in total. The molecule has 0 spiro atoms. The van der Waals surface area contributed by atoms with Crippen LogP contribution in [0.3, 0.4) is 0 Å². The second-order valence-electron chi connectivity index (χ2n) is 5.43. The first-order valence-electron chi connectivity index (χ1n) is 7.39. The van der Waals surface area contributed by atoms with Gasteiger partial charge in [0.1, 0.15) is 5.75 Å². The Labute approximate surface area is 137 Å². The molecule has 0 aromatic heterocycles. The summed E-state index contributed by atoms with van der Waals surface area (Å²) in [7, 11) is 0. The van der Waals surface area contributed by atoms with E-state index in [1.807, 2.05) is 24.3 Å². The van der Waals surface area contributed by atoms with Gasteiger partial charge in [0.05, 0.1) is 17.3 Å². The van der Waals surface area contributed by atoms with Crippen molar-refractivity contribution in [1.82, 2.24) is 5.01 Å². The van der Waals surface area contributed by atoms with Crippen molar-refractivity contribution in [2.24, 2.45) is 5.10 Å². The maximum absolute atomic E-state index is 12.3. The monoisotopic (exact) mass is 316 g/mol. The van der Waals surface area contributed by atoms with Gasteiger partial charge in [-0.15, -0.1) is 0 Å². The Morgan fingerprint density at radius 2 is 1.46 bits per heavy atom. The SMILES string of the molecule is O=C1c2ccccc2C(=O)N1/N=C\c1c(O)ccc2ccccc12. The van der Waals surface area contributed by atoms with Gasteiger partial charge in [-0.25, -0.2) is 0 Å². The van der Waals surface area contributed by atoms with Gasteiger partial charge < -0.3 is 5.11 Å². The average Bonchev–Trinajstić information content (AvgIpc) is 2.86. The summed E-state index contributed by atoms with van der Waals surface area (Å²) in [5.74, 6) is -0.896. The minimum atomic E-state index is -0.466. The van der Waals surface area contributed by atoms with Crippen molar-refractivity contribution in [1.29, 1.82) is 0 Å². The van der Waals surface area contributed by atoms with Gasteiger partial charge in [-0.3, -0.25) is 9.59 Å². The number of amides is 2. The van der Waals surface area contributed by atoms with Gasteiger partial charge in [0.15, 0.2) is 0 Å². The maximum atomic E-state index is 12.3. The molecule has 1 aliphatic heterocycles. The molecule has 0 saturated heterocycles. The van der Waals surface area contributed by atoms with E-state index in [-0.39, 0.29) is 5.75 Å². The standard InChI is InChI=1S/C19H12N2O3/c22-17-10-9-12-5-1-2-6-13(12)16(17)11-20-21-18(23)14-7-3-4-8-15(14)19(21)24/h1-11,22H/b20-11-. The Morgan fingerprint density at radius 1 is 0.833 bits per heavy atom. The number of carbonyl (C=O) groups is 2. The van der Waals surface area contributed by atoms with Crippen molar-refractivity contribution in [3.05, 3.63) is 77.4 Å². The molecule has 116 valence electrons. The van der Waals surface area contributed by atoms with Gasteiger partial charge >= 0.3 is 0 Å². The van der Waals surface area contributed by atoms with Crippen molar-refractivity contribution in [3.63, 3.8) is 0 Å². The molecule has 2 amide bonds. The zero-order valence-corrected chi connectivity index (χ0v) is 12.5. The average molecular weight is 316 g/mol. The van der Waals surface area contributed by atoms with Crippen LogP contribution in [0.2, 0.25) is 0 Å². The maximum Gasteiger partial charge on any atom is 0.282 e. The Bertz CT molecular complexity index is 989. The fourth-order valence-electron chi connectivity index (χ4n) is 2.82. The molecule has 5 heteroatoms. The van der Waals surface area contributed by atoms with Gasteiger partial charge in [0, 0.05) is 5.56 Å². The molecular weight excluding hydrogens is 304 g/mol. The normalized spacial score (nSPS) is 13.9. The molecular formula is C19H12N2O3. The van der Waals surface area contributed by atoms with E-state index >= 15 is 0 Å². The summed E-state index contributed by atoms with van der Waals surface area (Å²) in [5, 5.41) is 16.7. The number of phenols is 1. The number of nitrogens with zero attached hydrogens (tertiary/aromatic N) is 2. The number of hydrazone groups is 1. The first kappa shape index (κ1) is 14.1. The highest BCUT2D eigenvalue weighted by Gasteiger charge is 2.35. The Morgan fingerprint density at radius 3 is 2.17 bits per heavy atom. The van der Waals surface area contributed by atoms with Gasteiger partial charge in [0.2, 0.25) is 0 Å². The number of benzene rings is 3. The highest BCUT2D eigenvalue weighted by atomic mass is 16.3. The molecule has 3 aromatic rings. The lowest BCUT2D eigenvalue weighted by Crippen LogP contribution is -2.24. The molecule has 0 unspecified atom stereocenters. The molecule has 0 fully saturated rings. The van der Waals surface area contributed by atoms with Gasteiger partial charge in [0.25, 0.3) is 11.8 Å². The molecule has 24 heavy (non-hydrogen) atoms. The van der Waals surface area contributed by atoms with E-state index in [0.29, 0.717) is 16.7 Å². The summed E-state index contributed by atoms with van der Waals surface area (Å²) in [6, 6.07) is 17.5. The Hall–Kier alpha value is -3.47. The molecule has 5 nitrogen and oxygen atoms in total. The van der Waals surface area contributed by atoms with Crippen LogP contribution in [0.4, 0.5) is 0 Å². The Balaban J connectivity index is 1.76. The number of imide groups is 1. The van der Waals surface area contributed by atoms with Crippen LogP contribution in [0.1, 0.15) is 26.3 Å². The summed E-state index contributed by atoms with van der Waals surface area (Å²) in [4.78, 5) is 24.6. The lowest BCUT2D eigenvalue weighted by Gasteiger charge is -2.08. The van der Waals surface area contributed by atoms with Crippen molar-refractivity contribution < 1.29 is 14.7 Å². The molecule has 3 aromatic carbocycles. The minimum absolute atomic E-state index is 0.0362. The van der Waals surface area contributed by atoms with E-state index in [2.05, 4.69) is 5.10 Å². The predicted octanol–water partition coefficient (Wildman–Crippen LogP) is 3.18. The zero-order chi connectivity index (χ0) is 16.7. The molecule has 0 bridgehead atoms. The number of aromatic hydroxyl groups is 1. The largest absolute Gasteiger partial charge is 0.507 e. The second-order valence-corrected chi connectivity index (χ2v) is 5.43. The van der Waals surface area contributed by atoms with Crippen molar-refractivity contribution in [3.8, 4) is 5.75 Å². The number of fused-ring (bicyclic) bond motifs is 2. The number of hydrogen-bond acceptors (Lipinski definition) is 4. The molecule has 0 saturated carbocycles. The quantitative estimate of drug-likeness (QED) is 0.583. The van der Waals surface area contributed by atoms with Crippen LogP contribution in [0, 0.1) is 0 Å². The van der Waals surface area contributed by atoms with Gasteiger partial charge in [-0.1, -0.05) is 42.5 Å². The van der Waals surface area contributed by atoms with E-state index in [1.165, 1.54) is 6.21 Å². The van der Waals surface area contributed by atoms with Crippen LogP contribution in [0.5, 0.6) is 5.75 Å². The van der Waals surface area contributed by atoms with E-state index in [0.717, 1.165) is 15.8 Å². The third-order valence-corrected chi connectivity index (χ3v) is 4.02. The molecule has 0 atom stereocenters. The molecule has 1 aliphatic rings. The molecule has 0 aliphatic carbocycles. The fraction of sp³-hybridized carbons (Fsp3) is 0. The van der Waals surface area contributed by atoms with Gasteiger partial charge in [-0.2, -0.15) is 10.1 Å². The number of carbonyl (C=O) groups excluding carboxylic acids is 2. The highest BCUT2D eigenvalue weighted by molar-refractivity contribution is 6.21. The number of rotatable bonds is 2. The molecule has 0 radical (unpaired) electrons. The Kier molecular flexibility index (Phi) is 3.13. The van der Waals surface area contributed by atoms with Crippen molar-refractivity contribution in [2.75, 3.05) is 0 Å². The van der Waals surface area contributed by atoms with E-state index < -0.39 is 11.8 Å². The van der Waals surface area contributed by atoms with Crippen molar-refractivity contribution in [2.45, 2.75) is 0 Å². The third kappa shape index (κ3) is 2.06. The van der Waals surface area contributed by atoms with Crippen molar-refractivity contribution >= 4 is 28.8 Å². The summed E-state index contributed by atoms with van der Waals surface area (Å²) >= 11 is 0. The zero-order valence-electron chi connectivity index (χ0n) is 12.5. The van der Waals surface area contributed by atoms with Crippen LogP contribution >= 0.6 is 0 Å². The van der Waals surface area contributed by atoms with Crippen LogP contribution in [0.25, 0.3) is 10.8 Å².